The smallest absolute Gasteiger partial charge is 0.250 e. The minimum Gasteiger partial charge on any atom is -0.379 e. The van der Waals surface area contributed by atoms with Crippen LogP contribution in [0.4, 0.5) is 0 Å². The molecule has 18 heavy (non-hydrogen) atoms. The highest BCUT2D eigenvalue weighted by Crippen LogP contribution is 2.15. The minimum atomic E-state index is -2.22. The molecule has 0 saturated carbocycles. The Morgan fingerprint density at radius 2 is 1.67 bits per heavy atom. The van der Waals surface area contributed by atoms with Crippen molar-refractivity contribution in [1.29, 1.82) is 0 Å². The summed E-state index contributed by atoms with van der Waals surface area (Å²) in [7, 11) is 0. The second-order valence-corrected chi connectivity index (χ2v) is 4.30. The van der Waals surface area contributed by atoms with Crippen LogP contribution in [0.2, 0.25) is 0 Å². The zero-order chi connectivity index (χ0) is 14.3. The maximum absolute atomic E-state index is 11.6. The monoisotopic (exact) mass is 259 g/mol. The summed E-state index contributed by atoms with van der Waals surface area (Å²) in [5.74, 6) is -2.57. The van der Waals surface area contributed by atoms with Crippen molar-refractivity contribution in [2.24, 2.45) is 11.5 Å². The number of primary amides is 2. The number of hydrogen-bond donors (Lipinski definition) is 4. The van der Waals surface area contributed by atoms with Crippen LogP contribution in [0.25, 0.3) is 0 Å². The lowest BCUT2D eigenvalue weighted by molar-refractivity contribution is -0.146. The molecule has 0 saturated heterocycles. The lowest BCUT2D eigenvalue weighted by Gasteiger charge is -2.24. The Labute approximate surface area is 106 Å². The molecule has 1 atom stereocenters. The summed E-state index contributed by atoms with van der Waals surface area (Å²) in [6.45, 7) is 3.80. The summed E-state index contributed by atoms with van der Waals surface area (Å²) >= 11 is 0. The van der Waals surface area contributed by atoms with E-state index in [0.29, 0.717) is 0 Å². The van der Waals surface area contributed by atoms with E-state index in [2.05, 4.69) is 5.32 Å². The van der Waals surface area contributed by atoms with Crippen molar-refractivity contribution in [3.05, 3.63) is 0 Å². The molecule has 6 N–H and O–H groups in total. The first kappa shape index (κ1) is 16.4. The van der Waals surface area contributed by atoms with Gasteiger partial charge in [0.2, 0.25) is 17.7 Å². The van der Waals surface area contributed by atoms with Gasteiger partial charge in [0, 0.05) is 6.04 Å². The highest BCUT2D eigenvalue weighted by Gasteiger charge is 2.38. The summed E-state index contributed by atoms with van der Waals surface area (Å²) in [5, 5.41) is 12.5. The third-order valence-corrected chi connectivity index (χ3v) is 2.73. The summed E-state index contributed by atoms with van der Waals surface area (Å²) < 4.78 is 0. The fraction of sp³-hybridized carbons (Fsp3) is 0.727. The molecule has 0 aliphatic carbocycles. The lowest BCUT2D eigenvalue weighted by atomic mass is 9.93. The fourth-order valence-electron chi connectivity index (χ4n) is 1.56. The minimum absolute atomic E-state index is 0.0387. The Morgan fingerprint density at radius 3 is 2.00 bits per heavy atom. The first-order valence-corrected chi connectivity index (χ1v) is 5.85. The van der Waals surface area contributed by atoms with E-state index in [-0.39, 0.29) is 6.04 Å². The van der Waals surface area contributed by atoms with Gasteiger partial charge in [0.15, 0.2) is 5.60 Å². The van der Waals surface area contributed by atoms with Crippen LogP contribution in [0.5, 0.6) is 0 Å². The molecule has 0 heterocycles. The van der Waals surface area contributed by atoms with E-state index in [1.165, 1.54) is 0 Å². The van der Waals surface area contributed by atoms with Crippen LogP contribution in [0.1, 0.15) is 39.5 Å². The SMILES string of the molecule is CCC(CC)NC(=O)CC(O)(CC(N)=O)C(N)=O. The van der Waals surface area contributed by atoms with Crippen molar-refractivity contribution >= 4 is 17.7 Å². The summed E-state index contributed by atoms with van der Waals surface area (Å²) in [6.07, 6.45) is 0.223. The van der Waals surface area contributed by atoms with E-state index in [4.69, 9.17) is 11.5 Å². The molecule has 0 radical (unpaired) electrons. The molecule has 0 rings (SSSR count). The second-order valence-electron chi connectivity index (χ2n) is 4.30. The second kappa shape index (κ2) is 6.95. The van der Waals surface area contributed by atoms with Gasteiger partial charge in [0.1, 0.15) is 0 Å². The molecular weight excluding hydrogens is 238 g/mol. The van der Waals surface area contributed by atoms with Gasteiger partial charge < -0.3 is 21.9 Å². The molecule has 1 unspecified atom stereocenters. The molecule has 0 bridgehead atoms. The van der Waals surface area contributed by atoms with Crippen molar-refractivity contribution in [2.75, 3.05) is 0 Å². The molecule has 0 aromatic heterocycles. The van der Waals surface area contributed by atoms with Crippen molar-refractivity contribution in [3.63, 3.8) is 0 Å². The standard InChI is InChI=1S/C11H21N3O4/c1-3-7(4-2)14-9(16)6-11(18,10(13)17)5-8(12)15/h7,18H,3-6H2,1-2H3,(H2,12,15)(H2,13,17)(H,14,16). The van der Waals surface area contributed by atoms with Crippen LogP contribution < -0.4 is 16.8 Å². The Hall–Kier alpha value is -1.63. The van der Waals surface area contributed by atoms with Crippen LogP contribution in [0.15, 0.2) is 0 Å². The number of aliphatic hydroxyl groups is 1. The summed E-state index contributed by atoms with van der Waals surface area (Å²) in [6, 6.07) is -0.0387. The number of amides is 3. The van der Waals surface area contributed by atoms with E-state index < -0.39 is 36.2 Å². The molecule has 0 aliphatic rings. The maximum atomic E-state index is 11.6. The van der Waals surface area contributed by atoms with Gasteiger partial charge in [0.05, 0.1) is 12.8 Å². The zero-order valence-corrected chi connectivity index (χ0v) is 10.7. The van der Waals surface area contributed by atoms with E-state index >= 15 is 0 Å². The third-order valence-electron chi connectivity index (χ3n) is 2.73. The first-order valence-electron chi connectivity index (χ1n) is 5.85. The van der Waals surface area contributed by atoms with Gasteiger partial charge >= 0.3 is 0 Å². The van der Waals surface area contributed by atoms with E-state index in [0.717, 1.165) is 12.8 Å². The predicted octanol–water partition coefficient (Wildman–Crippen LogP) is -1.23. The number of carbonyl (C=O) groups excluding carboxylic acids is 3. The number of hydrogen-bond acceptors (Lipinski definition) is 4. The fourth-order valence-corrected chi connectivity index (χ4v) is 1.56. The molecule has 0 aromatic carbocycles. The van der Waals surface area contributed by atoms with E-state index in [1.54, 1.807) is 0 Å². The van der Waals surface area contributed by atoms with Gasteiger partial charge in [0.25, 0.3) is 0 Å². The van der Waals surface area contributed by atoms with E-state index in [9.17, 15) is 19.5 Å². The summed E-state index contributed by atoms with van der Waals surface area (Å²) in [5.41, 5.74) is 7.67. The average molecular weight is 259 g/mol. The van der Waals surface area contributed by atoms with Crippen LogP contribution in [0.3, 0.4) is 0 Å². The van der Waals surface area contributed by atoms with Crippen molar-refractivity contribution in [2.45, 2.75) is 51.2 Å². The molecule has 3 amide bonds. The predicted molar refractivity (Wildman–Crippen MR) is 65.1 cm³/mol. The number of carbonyl (C=O) groups is 3. The molecule has 7 heteroatoms. The number of nitrogens with two attached hydrogens (primary N) is 2. The van der Waals surface area contributed by atoms with Gasteiger partial charge in [-0.05, 0) is 12.8 Å². The van der Waals surface area contributed by atoms with Crippen molar-refractivity contribution < 1.29 is 19.5 Å². The molecule has 0 fully saturated rings. The van der Waals surface area contributed by atoms with Crippen LogP contribution >= 0.6 is 0 Å². The Kier molecular flexibility index (Phi) is 6.32. The van der Waals surface area contributed by atoms with Crippen molar-refractivity contribution in [3.8, 4) is 0 Å². The molecule has 7 nitrogen and oxygen atoms in total. The molecule has 0 spiro atoms. The normalized spacial score (nSPS) is 14.0. The highest BCUT2D eigenvalue weighted by molar-refractivity contribution is 5.94. The third kappa shape index (κ3) is 5.13. The lowest BCUT2D eigenvalue weighted by Crippen LogP contribution is -2.50. The highest BCUT2D eigenvalue weighted by atomic mass is 16.3. The zero-order valence-electron chi connectivity index (χ0n) is 10.7. The Bertz CT molecular complexity index is 328. The summed E-state index contributed by atoms with van der Waals surface area (Å²) in [4.78, 5) is 33.5. The first-order chi connectivity index (χ1) is 8.25. The number of nitrogens with one attached hydrogen (secondary N) is 1. The van der Waals surface area contributed by atoms with Gasteiger partial charge in [-0.25, -0.2) is 0 Å². The topological polar surface area (TPSA) is 136 Å². The van der Waals surface area contributed by atoms with Crippen LogP contribution in [-0.4, -0.2) is 34.5 Å². The van der Waals surface area contributed by atoms with E-state index in [1.807, 2.05) is 13.8 Å². The van der Waals surface area contributed by atoms with Gasteiger partial charge in [-0.1, -0.05) is 13.8 Å². The largest absolute Gasteiger partial charge is 0.379 e. The molecular formula is C11H21N3O4. The Morgan fingerprint density at radius 1 is 1.17 bits per heavy atom. The maximum Gasteiger partial charge on any atom is 0.250 e. The Balaban J connectivity index is 4.64. The van der Waals surface area contributed by atoms with Crippen LogP contribution in [0, 0.1) is 0 Å². The van der Waals surface area contributed by atoms with Crippen molar-refractivity contribution in [1.82, 2.24) is 5.32 Å². The molecule has 0 aromatic rings. The number of rotatable bonds is 8. The van der Waals surface area contributed by atoms with Gasteiger partial charge in [-0.2, -0.15) is 0 Å². The van der Waals surface area contributed by atoms with Gasteiger partial charge in [-0.15, -0.1) is 0 Å². The quantitative estimate of drug-likeness (QED) is 0.434. The van der Waals surface area contributed by atoms with Gasteiger partial charge in [-0.3, -0.25) is 14.4 Å². The average Bonchev–Trinajstić information content (AvgIpc) is 2.24. The molecule has 104 valence electrons. The molecule has 0 aliphatic heterocycles. The van der Waals surface area contributed by atoms with Crippen LogP contribution in [-0.2, 0) is 14.4 Å².